The van der Waals surface area contributed by atoms with Gasteiger partial charge in [-0.1, -0.05) is 37.0 Å². The van der Waals surface area contributed by atoms with Gasteiger partial charge in [0.05, 0.1) is 0 Å². The highest BCUT2D eigenvalue weighted by molar-refractivity contribution is 6.33. The predicted octanol–water partition coefficient (Wildman–Crippen LogP) is 2.92. The molecular formula is C14H23Cl2N3. The van der Waals surface area contributed by atoms with Gasteiger partial charge in [-0.2, -0.15) is 0 Å². The van der Waals surface area contributed by atoms with Gasteiger partial charge in [0.15, 0.2) is 0 Å². The molecule has 1 aromatic carbocycles. The van der Waals surface area contributed by atoms with Gasteiger partial charge in [-0.15, -0.1) is 0 Å². The lowest BCUT2D eigenvalue weighted by Gasteiger charge is -2.22. The second-order valence-corrected chi connectivity index (χ2v) is 5.28. The number of halogens is 2. The van der Waals surface area contributed by atoms with Gasteiger partial charge in [0, 0.05) is 35.7 Å². The monoisotopic (exact) mass is 303 g/mol. The Balaban J connectivity index is 2.60. The van der Waals surface area contributed by atoms with E-state index < -0.39 is 0 Å². The molecule has 0 aliphatic carbocycles. The van der Waals surface area contributed by atoms with Gasteiger partial charge in [-0.05, 0) is 36.9 Å². The van der Waals surface area contributed by atoms with Crippen LogP contribution in [0.2, 0.25) is 10.0 Å². The lowest BCUT2D eigenvalue weighted by Crippen LogP contribution is -2.36. The molecule has 0 aliphatic rings. The van der Waals surface area contributed by atoms with E-state index in [4.69, 9.17) is 28.9 Å². The molecule has 0 fully saturated rings. The van der Waals surface area contributed by atoms with E-state index in [9.17, 15) is 0 Å². The first-order valence-corrected chi connectivity index (χ1v) is 7.48. The zero-order valence-electron chi connectivity index (χ0n) is 11.6. The topological polar surface area (TPSA) is 41.3 Å². The number of likely N-dealkylation sites (N-methyl/N-ethyl adjacent to an activating group) is 1. The molecule has 0 amide bonds. The summed E-state index contributed by atoms with van der Waals surface area (Å²) in [5, 5.41) is 4.83. The van der Waals surface area contributed by atoms with Crippen molar-refractivity contribution in [3.63, 3.8) is 0 Å². The fourth-order valence-electron chi connectivity index (χ4n) is 2.04. The van der Waals surface area contributed by atoms with Crippen LogP contribution in [0.15, 0.2) is 18.2 Å². The van der Waals surface area contributed by atoms with Crippen LogP contribution in [0.25, 0.3) is 0 Å². The summed E-state index contributed by atoms with van der Waals surface area (Å²) in [6.45, 7) is 8.83. The second-order valence-electron chi connectivity index (χ2n) is 4.44. The molecule has 0 aliphatic heterocycles. The molecule has 1 unspecified atom stereocenters. The smallest absolute Gasteiger partial charge is 0.0460 e. The quantitative estimate of drug-likeness (QED) is 0.776. The van der Waals surface area contributed by atoms with E-state index in [2.05, 4.69) is 24.1 Å². The SMILES string of the molecule is CCN(CC)CCNC(CN)c1cc(Cl)ccc1Cl. The van der Waals surface area contributed by atoms with Crippen molar-refractivity contribution in [3.05, 3.63) is 33.8 Å². The molecule has 3 nitrogen and oxygen atoms in total. The summed E-state index contributed by atoms with van der Waals surface area (Å²) < 4.78 is 0. The largest absolute Gasteiger partial charge is 0.329 e. The highest BCUT2D eigenvalue weighted by Crippen LogP contribution is 2.25. The van der Waals surface area contributed by atoms with Crippen molar-refractivity contribution in [1.29, 1.82) is 0 Å². The van der Waals surface area contributed by atoms with E-state index in [-0.39, 0.29) is 6.04 Å². The normalized spacial score (nSPS) is 12.9. The number of nitrogens with one attached hydrogen (secondary N) is 1. The van der Waals surface area contributed by atoms with Crippen LogP contribution in [-0.2, 0) is 0 Å². The van der Waals surface area contributed by atoms with Crippen LogP contribution in [0.4, 0.5) is 0 Å². The maximum Gasteiger partial charge on any atom is 0.0460 e. The molecule has 0 saturated carbocycles. The fraction of sp³-hybridized carbons (Fsp3) is 0.571. The van der Waals surface area contributed by atoms with Crippen molar-refractivity contribution >= 4 is 23.2 Å². The first kappa shape index (κ1) is 16.7. The number of hydrogen-bond donors (Lipinski definition) is 2. The molecule has 3 N–H and O–H groups in total. The van der Waals surface area contributed by atoms with Crippen LogP contribution < -0.4 is 11.1 Å². The third-order valence-electron chi connectivity index (χ3n) is 3.28. The summed E-state index contributed by atoms with van der Waals surface area (Å²) in [5.41, 5.74) is 6.80. The maximum absolute atomic E-state index is 6.20. The van der Waals surface area contributed by atoms with Gasteiger partial charge in [0.1, 0.15) is 0 Å². The zero-order valence-corrected chi connectivity index (χ0v) is 13.1. The standard InChI is InChI=1S/C14H23Cl2N3/c1-3-19(4-2)8-7-18-14(10-17)12-9-11(15)5-6-13(12)16/h5-6,9,14,18H,3-4,7-8,10,17H2,1-2H3. The summed E-state index contributed by atoms with van der Waals surface area (Å²) in [6, 6.07) is 5.53. The Morgan fingerprint density at radius 1 is 1.26 bits per heavy atom. The molecule has 0 saturated heterocycles. The lowest BCUT2D eigenvalue weighted by molar-refractivity contribution is 0.297. The summed E-state index contributed by atoms with van der Waals surface area (Å²) in [5.74, 6) is 0. The Hall–Kier alpha value is -0.320. The zero-order chi connectivity index (χ0) is 14.3. The molecule has 108 valence electrons. The van der Waals surface area contributed by atoms with Crippen molar-refractivity contribution in [1.82, 2.24) is 10.2 Å². The highest BCUT2D eigenvalue weighted by atomic mass is 35.5. The lowest BCUT2D eigenvalue weighted by atomic mass is 10.1. The molecule has 0 spiro atoms. The molecule has 19 heavy (non-hydrogen) atoms. The fourth-order valence-corrected chi connectivity index (χ4v) is 2.47. The number of hydrogen-bond acceptors (Lipinski definition) is 3. The number of nitrogens with zero attached hydrogens (tertiary/aromatic N) is 1. The number of benzene rings is 1. The summed E-state index contributed by atoms with van der Waals surface area (Å²) in [4.78, 5) is 2.36. The first-order valence-electron chi connectivity index (χ1n) is 6.73. The Morgan fingerprint density at radius 3 is 2.53 bits per heavy atom. The van der Waals surface area contributed by atoms with Crippen LogP contribution in [0, 0.1) is 0 Å². The number of rotatable bonds is 8. The first-order chi connectivity index (χ1) is 9.12. The Morgan fingerprint density at radius 2 is 1.95 bits per heavy atom. The van der Waals surface area contributed by atoms with Crippen molar-refractivity contribution < 1.29 is 0 Å². The van der Waals surface area contributed by atoms with Crippen LogP contribution in [0.1, 0.15) is 25.5 Å². The third kappa shape index (κ3) is 5.28. The van der Waals surface area contributed by atoms with Gasteiger partial charge in [0.25, 0.3) is 0 Å². The molecule has 0 heterocycles. The van der Waals surface area contributed by atoms with Gasteiger partial charge in [0.2, 0.25) is 0 Å². The average molecular weight is 304 g/mol. The predicted molar refractivity (Wildman–Crippen MR) is 84.0 cm³/mol. The summed E-state index contributed by atoms with van der Waals surface area (Å²) in [7, 11) is 0. The third-order valence-corrected chi connectivity index (χ3v) is 3.86. The van der Waals surface area contributed by atoms with E-state index in [1.165, 1.54) is 0 Å². The van der Waals surface area contributed by atoms with Gasteiger partial charge < -0.3 is 16.0 Å². The van der Waals surface area contributed by atoms with Gasteiger partial charge in [-0.3, -0.25) is 0 Å². The Bertz CT molecular complexity index is 381. The maximum atomic E-state index is 6.20. The van der Waals surface area contributed by atoms with Gasteiger partial charge in [-0.25, -0.2) is 0 Å². The van der Waals surface area contributed by atoms with Crippen molar-refractivity contribution in [2.45, 2.75) is 19.9 Å². The van der Waals surface area contributed by atoms with Crippen LogP contribution in [-0.4, -0.2) is 37.6 Å². The molecule has 1 aromatic rings. The molecule has 0 bridgehead atoms. The molecule has 0 aromatic heterocycles. The van der Waals surface area contributed by atoms with E-state index in [0.29, 0.717) is 16.6 Å². The van der Waals surface area contributed by atoms with E-state index in [0.717, 1.165) is 31.7 Å². The van der Waals surface area contributed by atoms with E-state index in [1.54, 1.807) is 6.07 Å². The van der Waals surface area contributed by atoms with Crippen LogP contribution in [0.3, 0.4) is 0 Å². The molecular weight excluding hydrogens is 281 g/mol. The van der Waals surface area contributed by atoms with Crippen LogP contribution in [0.5, 0.6) is 0 Å². The van der Waals surface area contributed by atoms with Crippen molar-refractivity contribution in [3.8, 4) is 0 Å². The Kier molecular flexibility index (Phi) is 7.73. The highest BCUT2D eigenvalue weighted by Gasteiger charge is 2.13. The molecule has 5 heteroatoms. The Labute approximate surface area is 126 Å². The minimum atomic E-state index is 0.0433. The van der Waals surface area contributed by atoms with Crippen molar-refractivity contribution in [2.75, 3.05) is 32.7 Å². The second kappa shape index (κ2) is 8.77. The average Bonchev–Trinajstić information content (AvgIpc) is 2.42. The summed E-state index contributed by atoms with van der Waals surface area (Å²) in [6.07, 6.45) is 0. The van der Waals surface area contributed by atoms with E-state index >= 15 is 0 Å². The molecule has 1 rings (SSSR count). The minimum absolute atomic E-state index is 0.0433. The number of nitrogens with two attached hydrogens (primary N) is 1. The summed E-state index contributed by atoms with van der Waals surface area (Å²) >= 11 is 12.2. The van der Waals surface area contributed by atoms with Crippen molar-refractivity contribution in [2.24, 2.45) is 5.73 Å². The van der Waals surface area contributed by atoms with Gasteiger partial charge >= 0.3 is 0 Å². The minimum Gasteiger partial charge on any atom is -0.329 e. The van der Waals surface area contributed by atoms with Crippen LogP contribution >= 0.6 is 23.2 Å². The molecule has 1 atom stereocenters. The molecule has 0 radical (unpaired) electrons. The van der Waals surface area contributed by atoms with E-state index in [1.807, 2.05) is 12.1 Å².